The van der Waals surface area contributed by atoms with Crippen molar-refractivity contribution >= 4 is 10.9 Å². The number of hydrogen-bond donors (Lipinski definition) is 0. The van der Waals surface area contributed by atoms with Crippen molar-refractivity contribution in [3.8, 4) is 17.3 Å². The molecule has 0 fully saturated rings. The molecule has 2 aromatic heterocycles. The van der Waals surface area contributed by atoms with Gasteiger partial charge in [0, 0.05) is 12.4 Å². The molecule has 0 aliphatic rings. The fourth-order valence-corrected chi connectivity index (χ4v) is 2.52. The molecule has 2 aromatic carbocycles. The largest absolute Gasteiger partial charge is 0.438 e. The average Bonchev–Trinajstić information content (AvgIpc) is 3.10. The van der Waals surface area contributed by atoms with Gasteiger partial charge < -0.3 is 4.74 Å². The molecule has 0 N–H and O–H groups in total. The van der Waals surface area contributed by atoms with Crippen LogP contribution < -0.4 is 4.74 Å². The lowest BCUT2D eigenvalue weighted by Crippen LogP contribution is -1.95. The van der Waals surface area contributed by atoms with E-state index in [1.165, 1.54) is 6.33 Å². The molecule has 0 spiro atoms. The Morgan fingerprint density at radius 2 is 1.83 bits per heavy atom. The van der Waals surface area contributed by atoms with Gasteiger partial charge in [-0.25, -0.2) is 14.6 Å². The molecule has 5 nitrogen and oxygen atoms in total. The van der Waals surface area contributed by atoms with Gasteiger partial charge in [-0.1, -0.05) is 12.1 Å². The summed E-state index contributed by atoms with van der Waals surface area (Å²) in [6.07, 6.45) is 5.17. The Morgan fingerprint density at radius 3 is 2.61 bits per heavy atom. The normalized spacial score (nSPS) is 10.8. The molecular formula is C18H14N4O. The maximum Gasteiger partial charge on any atom is 0.230 e. The minimum absolute atomic E-state index is 0.569. The number of fused-ring (bicyclic) bond motifs is 1. The molecule has 0 amide bonds. The van der Waals surface area contributed by atoms with Crippen LogP contribution in [-0.4, -0.2) is 19.7 Å². The van der Waals surface area contributed by atoms with Gasteiger partial charge in [0.15, 0.2) is 0 Å². The van der Waals surface area contributed by atoms with E-state index in [4.69, 9.17) is 4.74 Å². The van der Waals surface area contributed by atoms with Crippen molar-refractivity contribution in [3.63, 3.8) is 0 Å². The minimum atomic E-state index is 0.569. The zero-order chi connectivity index (χ0) is 15.6. The van der Waals surface area contributed by atoms with Crippen LogP contribution in [0.2, 0.25) is 0 Å². The number of hydrogen-bond acceptors (Lipinski definition) is 4. The van der Waals surface area contributed by atoms with Crippen LogP contribution in [0.1, 0.15) is 5.56 Å². The first-order valence-electron chi connectivity index (χ1n) is 7.29. The van der Waals surface area contributed by atoms with E-state index in [1.807, 2.05) is 61.7 Å². The molecular weight excluding hydrogens is 288 g/mol. The Hall–Kier alpha value is -3.21. The maximum atomic E-state index is 5.96. The van der Waals surface area contributed by atoms with E-state index in [9.17, 15) is 0 Å². The van der Waals surface area contributed by atoms with Gasteiger partial charge in [-0.3, -0.25) is 0 Å². The first-order chi connectivity index (χ1) is 11.3. The molecule has 0 saturated carbocycles. The Bertz CT molecular complexity index is 941. The predicted octanol–water partition coefficient (Wildman–Crippen LogP) is 3.92. The van der Waals surface area contributed by atoms with Crippen molar-refractivity contribution < 1.29 is 4.74 Å². The van der Waals surface area contributed by atoms with Crippen molar-refractivity contribution in [3.05, 3.63) is 72.8 Å². The van der Waals surface area contributed by atoms with Gasteiger partial charge >= 0.3 is 0 Å². The highest BCUT2D eigenvalue weighted by Gasteiger charge is 2.08. The van der Waals surface area contributed by atoms with E-state index < -0.39 is 0 Å². The van der Waals surface area contributed by atoms with Crippen LogP contribution in [0, 0.1) is 6.92 Å². The second-order valence-electron chi connectivity index (χ2n) is 5.19. The van der Waals surface area contributed by atoms with Crippen LogP contribution >= 0.6 is 0 Å². The summed E-state index contributed by atoms with van der Waals surface area (Å²) in [5.41, 5.74) is 2.94. The van der Waals surface area contributed by atoms with Crippen molar-refractivity contribution in [1.82, 2.24) is 19.7 Å². The maximum absolute atomic E-state index is 5.96. The molecule has 0 aliphatic carbocycles. The molecule has 0 unspecified atom stereocenters. The Balaban J connectivity index is 1.69. The monoisotopic (exact) mass is 302 g/mol. The summed E-state index contributed by atoms with van der Waals surface area (Å²) in [5, 5.41) is 5.14. The molecule has 2 heterocycles. The van der Waals surface area contributed by atoms with Crippen LogP contribution in [0.5, 0.6) is 11.6 Å². The highest BCUT2D eigenvalue weighted by Crippen LogP contribution is 2.29. The average molecular weight is 302 g/mol. The Labute approximate surface area is 133 Å². The summed E-state index contributed by atoms with van der Waals surface area (Å²) in [4.78, 5) is 8.57. The highest BCUT2D eigenvalue weighted by atomic mass is 16.5. The number of rotatable bonds is 3. The van der Waals surface area contributed by atoms with Gasteiger partial charge in [-0.05, 0) is 48.9 Å². The summed E-state index contributed by atoms with van der Waals surface area (Å²) >= 11 is 0. The first-order valence-corrected chi connectivity index (χ1v) is 7.29. The molecule has 5 heteroatoms. The molecule has 4 rings (SSSR count). The topological polar surface area (TPSA) is 52.8 Å². The van der Waals surface area contributed by atoms with Crippen LogP contribution in [0.4, 0.5) is 0 Å². The molecule has 112 valence electrons. The molecule has 23 heavy (non-hydrogen) atoms. The van der Waals surface area contributed by atoms with Crippen molar-refractivity contribution in [2.45, 2.75) is 6.92 Å². The van der Waals surface area contributed by atoms with Crippen LogP contribution in [0.25, 0.3) is 16.6 Å². The second-order valence-corrected chi connectivity index (χ2v) is 5.19. The van der Waals surface area contributed by atoms with Gasteiger partial charge in [-0.15, -0.1) is 0 Å². The number of aromatic nitrogens is 4. The zero-order valence-electron chi connectivity index (χ0n) is 12.5. The number of nitrogens with zero attached hydrogens (tertiary/aromatic N) is 4. The fourth-order valence-electron chi connectivity index (χ4n) is 2.52. The van der Waals surface area contributed by atoms with Gasteiger partial charge in [0.1, 0.15) is 12.1 Å². The summed E-state index contributed by atoms with van der Waals surface area (Å²) in [6, 6.07) is 15.6. The second kappa shape index (κ2) is 5.53. The van der Waals surface area contributed by atoms with E-state index in [2.05, 4.69) is 15.1 Å². The van der Waals surface area contributed by atoms with Gasteiger partial charge in [0.2, 0.25) is 5.88 Å². The Kier molecular flexibility index (Phi) is 3.24. The lowest BCUT2D eigenvalue weighted by molar-refractivity contribution is 0.468. The van der Waals surface area contributed by atoms with E-state index in [0.717, 1.165) is 27.9 Å². The van der Waals surface area contributed by atoms with Crippen LogP contribution in [0.3, 0.4) is 0 Å². The van der Waals surface area contributed by atoms with Gasteiger partial charge in [0.25, 0.3) is 0 Å². The van der Waals surface area contributed by atoms with E-state index in [-0.39, 0.29) is 0 Å². The molecule has 0 aliphatic heterocycles. The minimum Gasteiger partial charge on any atom is -0.438 e. The predicted molar refractivity (Wildman–Crippen MR) is 87.9 cm³/mol. The smallest absolute Gasteiger partial charge is 0.230 e. The van der Waals surface area contributed by atoms with Gasteiger partial charge in [-0.2, -0.15) is 5.10 Å². The van der Waals surface area contributed by atoms with E-state index >= 15 is 0 Å². The van der Waals surface area contributed by atoms with Crippen LogP contribution in [0.15, 0.2) is 67.3 Å². The van der Waals surface area contributed by atoms with E-state index in [1.54, 1.807) is 10.9 Å². The highest BCUT2D eigenvalue weighted by molar-refractivity contribution is 5.86. The fraction of sp³-hybridized carbons (Fsp3) is 0.0556. The Morgan fingerprint density at radius 1 is 0.957 bits per heavy atom. The molecule has 4 aromatic rings. The van der Waals surface area contributed by atoms with Crippen molar-refractivity contribution in [2.24, 2.45) is 0 Å². The third-order valence-electron chi connectivity index (χ3n) is 3.66. The number of aryl methyl sites for hydroxylation is 1. The SMILES string of the molecule is Cc1cccc2ncnc(Oc3ccc(-n4cccn4)cc3)c12. The number of benzene rings is 2. The zero-order valence-corrected chi connectivity index (χ0v) is 12.5. The van der Waals surface area contributed by atoms with Crippen molar-refractivity contribution in [2.75, 3.05) is 0 Å². The lowest BCUT2D eigenvalue weighted by Gasteiger charge is -2.09. The summed E-state index contributed by atoms with van der Waals surface area (Å²) < 4.78 is 7.76. The molecule has 0 bridgehead atoms. The summed E-state index contributed by atoms with van der Waals surface area (Å²) in [7, 11) is 0. The van der Waals surface area contributed by atoms with Crippen LogP contribution in [-0.2, 0) is 0 Å². The lowest BCUT2D eigenvalue weighted by atomic mass is 10.1. The summed E-state index contributed by atoms with van der Waals surface area (Å²) in [6.45, 7) is 2.03. The van der Waals surface area contributed by atoms with Gasteiger partial charge in [0.05, 0.1) is 16.6 Å². The first kappa shape index (κ1) is 13.5. The van der Waals surface area contributed by atoms with E-state index in [0.29, 0.717) is 5.88 Å². The third kappa shape index (κ3) is 2.53. The standard InChI is InChI=1S/C18H14N4O/c1-13-4-2-5-16-17(13)18(20-12-19-16)23-15-8-6-14(7-9-15)22-11-3-10-21-22/h2-12H,1H3. The van der Waals surface area contributed by atoms with Crippen molar-refractivity contribution in [1.29, 1.82) is 0 Å². The quantitative estimate of drug-likeness (QED) is 0.575. The number of ether oxygens (including phenoxy) is 1. The molecule has 0 saturated heterocycles. The molecule has 0 atom stereocenters. The molecule has 0 radical (unpaired) electrons. The third-order valence-corrected chi connectivity index (χ3v) is 3.66. The summed E-state index contributed by atoms with van der Waals surface area (Å²) in [5.74, 6) is 1.30.